The molecule has 1 saturated carbocycles. The van der Waals surface area contributed by atoms with Crippen molar-refractivity contribution in [3.8, 4) is 11.5 Å². The molecular formula is C16H20N2O3. The van der Waals surface area contributed by atoms with E-state index in [-0.39, 0.29) is 0 Å². The number of ether oxygens (including phenoxy) is 2. The lowest BCUT2D eigenvalue weighted by Gasteiger charge is -2.12. The number of aryl methyl sites for hydroxylation is 1. The second-order valence-electron chi connectivity index (χ2n) is 5.35. The Morgan fingerprint density at radius 2 is 2.19 bits per heavy atom. The Morgan fingerprint density at radius 3 is 2.86 bits per heavy atom. The first-order valence-electron chi connectivity index (χ1n) is 7.20. The number of aromatic nitrogens is 1. The smallest absolute Gasteiger partial charge is 0.134 e. The fourth-order valence-electron chi connectivity index (χ4n) is 2.14. The van der Waals surface area contributed by atoms with E-state index in [9.17, 15) is 0 Å². The Hall–Kier alpha value is -2.01. The summed E-state index contributed by atoms with van der Waals surface area (Å²) in [5.41, 5.74) is 1.89. The molecule has 0 amide bonds. The quantitative estimate of drug-likeness (QED) is 0.849. The molecule has 1 aromatic heterocycles. The number of nitrogens with one attached hydrogen (secondary N) is 1. The van der Waals surface area contributed by atoms with E-state index in [2.05, 4.69) is 10.5 Å². The summed E-state index contributed by atoms with van der Waals surface area (Å²) in [6, 6.07) is 8.40. The van der Waals surface area contributed by atoms with Crippen LogP contribution in [0.4, 0.5) is 0 Å². The van der Waals surface area contributed by atoms with Gasteiger partial charge in [0.1, 0.15) is 29.6 Å². The van der Waals surface area contributed by atoms with Crippen molar-refractivity contribution >= 4 is 0 Å². The Balaban J connectivity index is 1.69. The van der Waals surface area contributed by atoms with Crippen LogP contribution >= 0.6 is 0 Å². The lowest BCUT2D eigenvalue weighted by Crippen LogP contribution is -2.16. The van der Waals surface area contributed by atoms with Crippen LogP contribution in [-0.2, 0) is 13.2 Å². The maximum absolute atomic E-state index is 5.87. The molecule has 112 valence electrons. The van der Waals surface area contributed by atoms with Crippen LogP contribution in [0.3, 0.4) is 0 Å². The van der Waals surface area contributed by atoms with Crippen LogP contribution in [-0.4, -0.2) is 18.3 Å². The third-order valence-corrected chi connectivity index (χ3v) is 3.48. The zero-order chi connectivity index (χ0) is 14.7. The Kier molecular flexibility index (Phi) is 4.10. The lowest BCUT2D eigenvalue weighted by molar-refractivity contribution is 0.284. The molecule has 3 rings (SSSR count). The van der Waals surface area contributed by atoms with Crippen molar-refractivity contribution in [2.45, 2.75) is 39.0 Å². The number of hydrogen-bond donors (Lipinski definition) is 1. The van der Waals surface area contributed by atoms with E-state index in [1.165, 1.54) is 12.8 Å². The fourth-order valence-corrected chi connectivity index (χ4v) is 2.14. The number of nitrogens with zero attached hydrogens (tertiary/aromatic N) is 1. The minimum atomic E-state index is 0.403. The molecule has 21 heavy (non-hydrogen) atoms. The Bertz CT molecular complexity index is 605. The highest BCUT2D eigenvalue weighted by Gasteiger charge is 2.20. The first-order chi connectivity index (χ1) is 10.2. The number of hydrogen-bond acceptors (Lipinski definition) is 5. The van der Waals surface area contributed by atoms with Crippen LogP contribution in [0.25, 0.3) is 0 Å². The van der Waals surface area contributed by atoms with Gasteiger partial charge in [0.15, 0.2) is 0 Å². The van der Waals surface area contributed by atoms with Crippen molar-refractivity contribution in [3.05, 3.63) is 41.3 Å². The normalized spacial score (nSPS) is 14.2. The van der Waals surface area contributed by atoms with E-state index in [0.717, 1.165) is 35.1 Å². The van der Waals surface area contributed by atoms with Crippen molar-refractivity contribution in [1.29, 1.82) is 0 Å². The molecule has 1 aliphatic rings. The molecule has 0 radical (unpaired) electrons. The molecule has 5 nitrogen and oxygen atoms in total. The third kappa shape index (κ3) is 3.76. The van der Waals surface area contributed by atoms with Crippen LogP contribution < -0.4 is 14.8 Å². The molecule has 5 heteroatoms. The zero-order valence-corrected chi connectivity index (χ0v) is 12.4. The molecule has 1 N–H and O–H groups in total. The SMILES string of the molecule is COc1ccc(OCc2cc(C)on2)c(CNC2CC2)c1. The summed E-state index contributed by atoms with van der Waals surface area (Å²) in [7, 11) is 1.67. The minimum Gasteiger partial charge on any atom is -0.497 e. The average molecular weight is 288 g/mol. The van der Waals surface area contributed by atoms with Gasteiger partial charge in [-0.25, -0.2) is 0 Å². The maximum atomic E-state index is 5.87. The van der Waals surface area contributed by atoms with Gasteiger partial charge in [-0.15, -0.1) is 0 Å². The molecule has 0 atom stereocenters. The standard InChI is InChI=1S/C16H20N2O3/c1-11-7-14(18-21-11)10-20-16-6-5-15(19-2)8-12(16)9-17-13-3-4-13/h5-8,13,17H,3-4,9-10H2,1-2H3. The van der Waals surface area contributed by atoms with E-state index in [4.69, 9.17) is 14.0 Å². The van der Waals surface area contributed by atoms with E-state index in [0.29, 0.717) is 12.6 Å². The van der Waals surface area contributed by atoms with Gasteiger partial charge in [-0.1, -0.05) is 5.16 Å². The molecule has 0 aliphatic heterocycles. The summed E-state index contributed by atoms with van der Waals surface area (Å²) in [5.74, 6) is 2.48. The van der Waals surface area contributed by atoms with Crippen LogP contribution in [0, 0.1) is 6.92 Å². The molecule has 1 heterocycles. The lowest BCUT2D eigenvalue weighted by atomic mass is 10.2. The largest absolute Gasteiger partial charge is 0.497 e. The summed E-state index contributed by atoms with van der Waals surface area (Å²) in [6.07, 6.45) is 2.52. The molecule has 1 aromatic carbocycles. The van der Waals surface area contributed by atoms with Gasteiger partial charge in [0.2, 0.25) is 0 Å². The molecular weight excluding hydrogens is 268 g/mol. The van der Waals surface area contributed by atoms with E-state index in [1.54, 1.807) is 7.11 Å². The van der Waals surface area contributed by atoms with Crippen LogP contribution in [0.15, 0.2) is 28.8 Å². The van der Waals surface area contributed by atoms with Crippen molar-refractivity contribution in [2.24, 2.45) is 0 Å². The summed E-state index contributed by atoms with van der Waals surface area (Å²) in [5, 5.41) is 7.44. The second kappa shape index (κ2) is 6.18. The Labute approximate surface area is 124 Å². The minimum absolute atomic E-state index is 0.403. The average Bonchev–Trinajstić information content (AvgIpc) is 3.24. The molecule has 1 aliphatic carbocycles. The van der Waals surface area contributed by atoms with Gasteiger partial charge < -0.3 is 19.3 Å². The van der Waals surface area contributed by atoms with Crippen molar-refractivity contribution < 1.29 is 14.0 Å². The molecule has 0 unspecified atom stereocenters. The van der Waals surface area contributed by atoms with Gasteiger partial charge in [-0.05, 0) is 38.0 Å². The first kappa shape index (κ1) is 13.9. The molecule has 0 spiro atoms. The number of methoxy groups -OCH3 is 1. The summed E-state index contributed by atoms with van der Waals surface area (Å²) in [6.45, 7) is 3.06. The molecule has 0 saturated heterocycles. The zero-order valence-electron chi connectivity index (χ0n) is 12.4. The predicted molar refractivity (Wildman–Crippen MR) is 78.4 cm³/mol. The highest BCUT2D eigenvalue weighted by molar-refractivity contribution is 5.40. The van der Waals surface area contributed by atoms with Gasteiger partial charge in [0, 0.05) is 24.2 Å². The number of benzene rings is 1. The van der Waals surface area contributed by atoms with E-state index >= 15 is 0 Å². The highest BCUT2D eigenvalue weighted by atomic mass is 16.5. The molecule has 0 bridgehead atoms. The van der Waals surface area contributed by atoms with Crippen LogP contribution in [0.2, 0.25) is 0 Å². The summed E-state index contributed by atoms with van der Waals surface area (Å²) < 4.78 is 16.2. The van der Waals surface area contributed by atoms with Gasteiger partial charge in [-0.3, -0.25) is 0 Å². The van der Waals surface area contributed by atoms with Crippen LogP contribution in [0.1, 0.15) is 29.9 Å². The van der Waals surface area contributed by atoms with Gasteiger partial charge >= 0.3 is 0 Å². The van der Waals surface area contributed by atoms with Crippen LogP contribution in [0.5, 0.6) is 11.5 Å². The second-order valence-corrected chi connectivity index (χ2v) is 5.35. The monoisotopic (exact) mass is 288 g/mol. The van der Waals surface area contributed by atoms with E-state index in [1.807, 2.05) is 31.2 Å². The van der Waals surface area contributed by atoms with Gasteiger partial charge in [-0.2, -0.15) is 0 Å². The topological polar surface area (TPSA) is 56.5 Å². The summed E-state index contributed by atoms with van der Waals surface area (Å²) >= 11 is 0. The van der Waals surface area contributed by atoms with Gasteiger partial charge in [0.05, 0.1) is 7.11 Å². The Morgan fingerprint density at radius 1 is 1.33 bits per heavy atom. The highest BCUT2D eigenvalue weighted by Crippen LogP contribution is 2.27. The fraction of sp³-hybridized carbons (Fsp3) is 0.438. The van der Waals surface area contributed by atoms with Crippen molar-refractivity contribution in [3.63, 3.8) is 0 Å². The maximum Gasteiger partial charge on any atom is 0.134 e. The number of rotatable bonds is 7. The van der Waals surface area contributed by atoms with Gasteiger partial charge in [0.25, 0.3) is 0 Å². The predicted octanol–water partition coefficient (Wildman–Crippen LogP) is 2.82. The first-order valence-corrected chi connectivity index (χ1v) is 7.20. The summed E-state index contributed by atoms with van der Waals surface area (Å²) in [4.78, 5) is 0. The molecule has 1 fully saturated rings. The third-order valence-electron chi connectivity index (χ3n) is 3.48. The van der Waals surface area contributed by atoms with Crippen molar-refractivity contribution in [2.75, 3.05) is 7.11 Å². The molecule has 2 aromatic rings. The van der Waals surface area contributed by atoms with Crippen molar-refractivity contribution in [1.82, 2.24) is 10.5 Å². The van der Waals surface area contributed by atoms with E-state index < -0.39 is 0 Å².